The fraction of sp³-hybridized carbons (Fsp3) is 0. The van der Waals surface area contributed by atoms with E-state index in [1.807, 2.05) is 6.07 Å². The highest BCUT2D eigenvalue weighted by molar-refractivity contribution is 5.78. The van der Waals surface area contributed by atoms with Crippen LogP contribution in [0.4, 0.5) is 26.1 Å². The normalized spacial score (nSPS) is 10.8. The standard InChI is InChI=1S/C19H12F2N4/c20-13-6-8-15(9-7-13)25(16-4-1-3-14(21)11-16)19-23-12-18-17(24-19)5-2-10-22-18/h1-12H. The van der Waals surface area contributed by atoms with Crippen molar-refractivity contribution in [3.05, 3.63) is 84.7 Å². The first-order valence-electron chi connectivity index (χ1n) is 7.60. The van der Waals surface area contributed by atoms with Crippen LogP contribution in [0, 0.1) is 11.6 Å². The molecule has 2 aromatic carbocycles. The Balaban J connectivity index is 1.90. The monoisotopic (exact) mass is 334 g/mol. The second-order valence-corrected chi connectivity index (χ2v) is 5.37. The molecule has 6 heteroatoms. The van der Waals surface area contributed by atoms with Crippen LogP contribution in [0.1, 0.15) is 0 Å². The maximum Gasteiger partial charge on any atom is 0.235 e. The van der Waals surface area contributed by atoms with Crippen molar-refractivity contribution >= 4 is 28.4 Å². The Hall–Kier alpha value is -3.41. The average molecular weight is 334 g/mol. The molecule has 0 N–H and O–H groups in total. The molecule has 4 nitrogen and oxygen atoms in total. The molecule has 0 bridgehead atoms. The number of halogens is 2. The molecule has 2 aromatic heterocycles. The molecule has 4 rings (SSSR count). The zero-order valence-corrected chi connectivity index (χ0v) is 13.0. The summed E-state index contributed by atoms with van der Waals surface area (Å²) in [6.07, 6.45) is 3.27. The van der Waals surface area contributed by atoms with E-state index in [-0.39, 0.29) is 11.6 Å². The number of rotatable bonds is 3. The van der Waals surface area contributed by atoms with E-state index in [9.17, 15) is 8.78 Å². The summed E-state index contributed by atoms with van der Waals surface area (Å²) >= 11 is 0. The highest BCUT2D eigenvalue weighted by atomic mass is 19.1. The van der Waals surface area contributed by atoms with Gasteiger partial charge < -0.3 is 0 Å². The lowest BCUT2D eigenvalue weighted by Crippen LogP contribution is -2.13. The molecule has 2 heterocycles. The summed E-state index contributed by atoms with van der Waals surface area (Å²) in [5.74, 6) is -0.392. The van der Waals surface area contributed by atoms with E-state index in [2.05, 4.69) is 15.0 Å². The molecule has 4 aromatic rings. The summed E-state index contributed by atoms with van der Waals surface area (Å²) in [5, 5.41) is 0. The van der Waals surface area contributed by atoms with Crippen LogP contribution in [0.15, 0.2) is 73.1 Å². The average Bonchev–Trinajstić information content (AvgIpc) is 2.64. The van der Waals surface area contributed by atoms with Crippen molar-refractivity contribution < 1.29 is 8.78 Å². The van der Waals surface area contributed by atoms with E-state index < -0.39 is 0 Å². The minimum absolute atomic E-state index is 0.345. The molecule has 0 unspecified atom stereocenters. The van der Waals surface area contributed by atoms with Gasteiger partial charge in [-0.3, -0.25) is 9.88 Å². The Morgan fingerprint density at radius 3 is 2.36 bits per heavy atom. The van der Waals surface area contributed by atoms with Gasteiger partial charge in [0.15, 0.2) is 0 Å². The Morgan fingerprint density at radius 1 is 0.720 bits per heavy atom. The lowest BCUT2D eigenvalue weighted by molar-refractivity contribution is 0.626. The summed E-state index contributed by atoms with van der Waals surface area (Å²) in [4.78, 5) is 14.7. The molecule has 0 spiro atoms. The first-order valence-corrected chi connectivity index (χ1v) is 7.60. The first kappa shape index (κ1) is 15.1. The van der Waals surface area contributed by atoms with Crippen molar-refractivity contribution in [1.82, 2.24) is 15.0 Å². The maximum atomic E-state index is 13.7. The van der Waals surface area contributed by atoms with Gasteiger partial charge in [-0.05, 0) is 54.6 Å². The first-order chi connectivity index (χ1) is 12.2. The summed E-state index contributed by atoms with van der Waals surface area (Å²) in [6.45, 7) is 0. The Bertz CT molecular complexity index is 1030. The van der Waals surface area contributed by atoms with Crippen molar-refractivity contribution in [2.75, 3.05) is 4.90 Å². The quantitative estimate of drug-likeness (QED) is 0.541. The van der Waals surface area contributed by atoms with Gasteiger partial charge >= 0.3 is 0 Å². The third kappa shape index (κ3) is 3.01. The predicted molar refractivity (Wildman–Crippen MR) is 91.9 cm³/mol. The van der Waals surface area contributed by atoms with Crippen molar-refractivity contribution in [2.24, 2.45) is 0 Å². The van der Waals surface area contributed by atoms with Gasteiger partial charge in [0, 0.05) is 11.9 Å². The van der Waals surface area contributed by atoms with Crippen LogP contribution in [0.2, 0.25) is 0 Å². The molecule has 0 saturated carbocycles. The van der Waals surface area contributed by atoms with Gasteiger partial charge in [-0.25, -0.2) is 18.7 Å². The van der Waals surface area contributed by atoms with Gasteiger partial charge in [-0.1, -0.05) is 6.07 Å². The minimum Gasteiger partial charge on any atom is -0.279 e. The lowest BCUT2D eigenvalue weighted by Gasteiger charge is -2.23. The molecular formula is C19H12F2N4. The Morgan fingerprint density at radius 2 is 1.56 bits per heavy atom. The highest BCUT2D eigenvalue weighted by Gasteiger charge is 2.16. The molecular weight excluding hydrogens is 322 g/mol. The number of pyridine rings is 1. The number of nitrogens with zero attached hydrogens (tertiary/aromatic N) is 4. The fourth-order valence-electron chi connectivity index (χ4n) is 2.55. The minimum atomic E-state index is -0.382. The molecule has 0 aliphatic rings. The van der Waals surface area contributed by atoms with E-state index >= 15 is 0 Å². The number of hydrogen-bond donors (Lipinski definition) is 0. The molecule has 0 fully saturated rings. The van der Waals surface area contributed by atoms with E-state index in [0.29, 0.717) is 28.4 Å². The third-order valence-electron chi connectivity index (χ3n) is 3.69. The molecule has 0 aliphatic heterocycles. The number of fused-ring (bicyclic) bond motifs is 1. The van der Waals surface area contributed by atoms with Crippen molar-refractivity contribution in [3.63, 3.8) is 0 Å². The third-order valence-corrected chi connectivity index (χ3v) is 3.69. The number of benzene rings is 2. The second kappa shape index (κ2) is 6.24. The van der Waals surface area contributed by atoms with E-state index in [1.165, 1.54) is 24.3 Å². The van der Waals surface area contributed by atoms with Crippen LogP contribution in [-0.2, 0) is 0 Å². The number of aromatic nitrogens is 3. The topological polar surface area (TPSA) is 41.9 Å². The van der Waals surface area contributed by atoms with Gasteiger partial charge in [-0.2, -0.15) is 0 Å². The number of anilines is 3. The summed E-state index contributed by atoms with van der Waals surface area (Å²) in [7, 11) is 0. The molecule has 122 valence electrons. The largest absolute Gasteiger partial charge is 0.279 e. The zero-order valence-electron chi connectivity index (χ0n) is 13.0. The lowest BCUT2D eigenvalue weighted by atomic mass is 10.2. The van der Waals surface area contributed by atoms with Crippen LogP contribution in [0.5, 0.6) is 0 Å². The highest BCUT2D eigenvalue weighted by Crippen LogP contribution is 2.32. The summed E-state index contributed by atoms with van der Waals surface area (Å²) in [6, 6.07) is 15.5. The van der Waals surface area contributed by atoms with Gasteiger partial charge in [0.05, 0.1) is 17.4 Å². The summed E-state index contributed by atoms with van der Waals surface area (Å²) in [5.41, 5.74) is 2.48. The van der Waals surface area contributed by atoms with Crippen LogP contribution >= 0.6 is 0 Å². The van der Waals surface area contributed by atoms with Crippen LogP contribution in [0.3, 0.4) is 0 Å². The second-order valence-electron chi connectivity index (χ2n) is 5.37. The van der Waals surface area contributed by atoms with Gasteiger partial charge in [0.25, 0.3) is 0 Å². The molecule has 0 aliphatic carbocycles. The van der Waals surface area contributed by atoms with Crippen molar-refractivity contribution in [2.45, 2.75) is 0 Å². The Kier molecular flexibility index (Phi) is 3.78. The van der Waals surface area contributed by atoms with Gasteiger partial charge in [0.2, 0.25) is 5.95 Å². The van der Waals surface area contributed by atoms with Crippen LogP contribution < -0.4 is 4.90 Å². The van der Waals surface area contributed by atoms with Crippen molar-refractivity contribution in [3.8, 4) is 0 Å². The zero-order chi connectivity index (χ0) is 17.2. The van der Waals surface area contributed by atoms with E-state index in [0.717, 1.165) is 0 Å². The van der Waals surface area contributed by atoms with Gasteiger partial charge in [-0.15, -0.1) is 0 Å². The van der Waals surface area contributed by atoms with Gasteiger partial charge in [0.1, 0.15) is 17.2 Å². The summed E-state index contributed by atoms with van der Waals surface area (Å²) < 4.78 is 27.0. The molecule has 0 amide bonds. The molecule has 0 radical (unpaired) electrons. The predicted octanol–water partition coefficient (Wildman–Crippen LogP) is 4.77. The molecule has 25 heavy (non-hydrogen) atoms. The van der Waals surface area contributed by atoms with Crippen molar-refractivity contribution in [1.29, 1.82) is 0 Å². The Labute approximate surface area is 142 Å². The number of hydrogen-bond acceptors (Lipinski definition) is 4. The molecule has 0 atom stereocenters. The van der Waals surface area contributed by atoms with Crippen LogP contribution in [0.25, 0.3) is 11.0 Å². The fourth-order valence-corrected chi connectivity index (χ4v) is 2.55. The SMILES string of the molecule is Fc1ccc(N(c2cccc(F)c2)c2ncc3ncccc3n2)cc1. The maximum absolute atomic E-state index is 13.7. The van der Waals surface area contributed by atoms with E-state index in [1.54, 1.807) is 47.6 Å². The van der Waals surface area contributed by atoms with E-state index in [4.69, 9.17) is 0 Å². The van der Waals surface area contributed by atoms with Crippen LogP contribution in [-0.4, -0.2) is 15.0 Å². The smallest absolute Gasteiger partial charge is 0.235 e. The molecule has 0 saturated heterocycles.